The van der Waals surface area contributed by atoms with Crippen LogP contribution in [0.1, 0.15) is 25.3 Å². The largest absolute Gasteiger partial charge is 0.497 e. The Morgan fingerprint density at radius 2 is 1.90 bits per heavy atom. The van der Waals surface area contributed by atoms with E-state index in [4.69, 9.17) is 9.47 Å². The van der Waals surface area contributed by atoms with Gasteiger partial charge in [-0.2, -0.15) is 0 Å². The van der Waals surface area contributed by atoms with E-state index >= 15 is 0 Å². The quantitative estimate of drug-likeness (QED) is 0.535. The standard InChI is InChI=1S/C21H24N4O3S/c1-13(2)14-5-7-15(8-6-14)22-19(26)12-29-21-23-20(24-25-21)17-10-9-16(27-3)11-18(17)28-4/h5-11,13H,12H2,1-4H3,(H,22,26)(H,23,24,25). The van der Waals surface area contributed by atoms with Crippen molar-refractivity contribution >= 4 is 23.4 Å². The Hall–Kier alpha value is -3.00. The highest BCUT2D eigenvalue weighted by atomic mass is 32.2. The lowest BCUT2D eigenvalue weighted by atomic mass is 10.0. The highest BCUT2D eigenvalue weighted by Crippen LogP contribution is 2.32. The molecule has 0 atom stereocenters. The third kappa shape index (κ3) is 5.29. The van der Waals surface area contributed by atoms with Gasteiger partial charge in [-0.1, -0.05) is 37.7 Å². The van der Waals surface area contributed by atoms with Crippen molar-refractivity contribution in [3.8, 4) is 22.9 Å². The highest BCUT2D eigenvalue weighted by Gasteiger charge is 2.13. The topological polar surface area (TPSA) is 89.1 Å². The molecule has 0 aliphatic heterocycles. The molecule has 8 heteroatoms. The molecule has 3 rings (SSSR count). The van der Waals surface area contributed by atoms with Crippen LogP contribution in [0.3, 0.4) is 0 Å². The maximum atomic E-state index is 12.2. The predicted octanol–water partition coefficient (Wildman–Crippen LogP) is 4.34. The average molecular weight is 413 g/mol. The molecule has 1 aromatic heterocycles. The summed E-state index contributed by atoms with van der Waals surface area (Å²) in [5, 5.41) is 10.4. The van der Waals surface area contributed by atoms with Crippen molar-refractivity contribution in [2.45, 2.75) is 24.9 Å². The van der Waals surface area contributed by atoms with Gasteiger partial charge < -0.3 is 14.8 Å². The van der Waals surface area contributed by atoms with Crippen molar-refractivity contribution in [1.82, 2.24) is 15.2 Å². The van der Waals surface area contributed by atoms with E-state index in [1.165, 1.54) is 17.3 Å². The molecule has 1 amide bonds. The lowest BCUT2D eigenvalue weighted by molar-refractivity contribution is -0.113. The summed E-state index contributed by atoms with van der Waals surface area (Å²) >= 11 is 1.26. The Balaban J connectivity index is 1.60. The molecule has 7 nitrogen and oxygen atoms in total. The monoisotopic (exact) mass is 412 g/mol. The van der Waals surface area contributed by atoms with Crippen molar-refractivity contribution in [1.29, 1.82) is 0 Å². The number of hydrogen-bond acceptors (Lipinski definition) is 6. The van der Waals surface area contributed by atoms with E-state index in [1.54, 1.807) is 20.3 Å². The lowest BCUT2D eigenvalue weighted by Gasteiger charge is -2.08. The van der Waals surface area contributed by atoms with Crippen LogP contribution in [0.25, 0.3) is 11.4 Å². The Kier molecular flexibility index (Phi) is 6.77. The van der Waals surface area contributed by atoms with E-state index in [-0.39, 0.29) is 11.7 Å². The first-order valence-electron chi connectivity index (χ1n) is 9.17. The van der Waals surface area contributed by atoms with E-state index in [2.05, 4.69) is 34.3 Å². The van der Waals surface area contributed by atoms with Crippen molar-refractivity contribution in [2.24, 2.45) is 0 Å². The minimum atomic E-state index is -0.110. The minimum absolute atomic E-state index is 0.110. The van der Waals surface area contributed by atoms with Crippen molar-refractivity contribution in [3.63, 3.8) is 0 Å². The lowest BCUT2D eigenvalue weighted by Crippen LogP contribution is -2.14. The van der Waals surface area contributed by atoms with Crippen LogP contribution in [0.2, 0.25) is 0 Å². The van der Waals surface area contributed by atoms with E-state index in [0.29, 0.717) is 28.4 Å². The summed E-state index contributed by atoms with van der Waals surface area (Å²) in [5.74, 6) is 2.44. The fraction of sp³-hybridized carbons (Fsp3) is 0.286. The molecule has 0 unspecified atom stereocenters. The van der Waals surface area contributed by atoms with Gasteiger partial charge in [-0.05, 0) is 35.7 Å². The Morgan fingerprint density at radius 1 is 1.14 bits per heavy atom. The molecule has 0 radical (unpaired) electrons. The summed E-state index contributed by atoms with van der Waals surface area (Å²) in [6, 6.07) is 13.3. The van der Waals surface area contributed by atoms with Crippen LogP contribution in [0.5, 0.6) is 11.5 Å². The van der Waals surface area contributed by atoms with Crippen LogP contribution in [0.4, 0.5) is 5.69 Å². The van der Waals surface area contributed by atoms with Gasteiger partial charge >= 0.3 is 0 Å². The first-order valence-corrected chi connectivity index (χ1v) is 10.2. The van der Waals surface area contributed by atoms with Gasteiger partial charge in [0.25, 0.3) is 0 Å². The molecule has 0 saturated carbocycles. The number of nitrogens with one attached hydrogen (secondary N) is 2. The molecule has 1 heterocycles. The van der Waals surface area contributed by atoms with Crippen LogP contribution >= 0.6 is 11.8 Å². The van der Waals surface area contributed by atoms with Crippen LogP contribution in [-0.4, -0.2) is 41.1 Å². The van der Waals surface area contributed by atoms with E-state index in [9.17, 15) is 4.79 Å². The van der Waals surface area contributed by atoms with Gasteiger partial charge in [0, 0.05) is 11.8 Å². The van der Waals surface area contributed by atoms with Crippen LogP contribution in [0.15, 0.2) is 47.6 Å². The first-order chi connectivity index (χ1) is 14.0. The molecular weight excluding hydrogens is 388 g/mol. The van der Waals surface area contributed by atoms with Gasteiger partial charge in [-0.3, -0.25) is 9.89 Å². The summed E-state index contributed by atoms with van der Waals surface area (Å²) < 4.78 is 10.6. The summed E-state index contributed by atoms with van der Waals surface area (Å²) in [6.07, 6.45) is 0. The summed E-state index contributed by atoms with van der Waals surface area (Å²) in [6.45, 7) is 4.27. The summed E-state index contributed by atoms with van der Waals surface area (Å²) in [5.41, 5.74) is 2.78. The third-order valence-corrected chi connectivity index (χ3v) is 5.17. The summed E-state index contributed by atoms with van der Waals surface area (Å²) in [7, 11) is 3.18. The number of methoxy groups -OCH3 is 2. The SMILES string of the molecule is COc1ccc(-c2nc(SCC(=O)Nc3ccc(C(C)C)cc3)n[nH]2)c(OC)c1. The first kappa shape index (κ1) is 20.7. The second-order valence-electron chi connectivity index (χ2n) is 6.65. The molecule has 0 aliphatic rings. The zero-order valence-corrected chi connectivity index (χ0v) is 17.7. The smallest absolute Gasteiger partial charge is 0.234 e. The Labute approximate surface area is 174 Å². The van der Waals surface area contributed by atoms with E-state index < -0.39 is 0 Å². The van der Waals surface area contributed by atoms with E-state index in [0.717, 1.165) is 11.3 Å². The minimum Gasteiger partial charge on any atom is -0.497 e. The number of carbonyl (C=O) groups excluding carboxylic acids is 1. The molecule has 152 valence electrons. The molecule has 3 aromatic rings. The number of amides is 1. The molecule has 2 aromatic carbocycles. The van der Waals surface area contributed by atoms with Crippen LogP contribution in [-0.2, 0) is 4.79 Å². The number of nitrogens with zero attached hydrogens (tertiary/aromatic N) is 2. The van der Waals surface area contributed by atoms with Gasteiger partial charge in [-0.25, -0.2) is 4.98 Å². The van der Waals surface area contributed by atoms with Crippen LogP contribution in [0, 0.1) is 0 Å². The number of ether oxygens (including phenoxy) is 2. The fourth-order valence-corrected chi connectivity index (χ4v) is 3.30. The number of hydrogen-bond donors (Lipinski definition) is 2. The van der Waals surface area contributed by atoms with Gasteiger partial charge in [-0.15, -0.1) is 5.10 Å². The second-order valence-corrected chi connectivity index (χ2v) is 7.59. The summed E-state index contributed by atoms with van der Waals surface area (Å²) in [4.78, 5) is 16.7. The third-order valence-electron chi connectivity index (χ3n) is 4.32. The Bertz CT molecular complexity index is 970. The zero-order chi connectivity index (χ0) is 20.8. The van der Waals surface area contributed by atoms with Crippen molar-refractivity contribution in [3.05, 3.63) is 48.0 Å². The second kappa shape index (κ2) is 9.47. The Morgan fingerprint density at radius 3 is 2.55 bits per heavy atom. The molecule has 2 N–H and O–H groups in total. The van der Waals surface area contributed by atoms with Gasteiger partial charge in [0.1, 0.15) is 11.5 Å². The molecule has 0 fully saturated rings. The molecule has 0 bridgehead atoms. The molecular formula is C21H24N4O3S. The number of anilines is 1. The number of aromatic nitrogens is 3. The molecule has 0 aliphatic carbocycles. The number of benzene rings is 2. The van der Waals surface area contributed by atoms with Crippen LogP contribution < -0.4 is 14.8 Å². The number of thioether (sulfide) groups is 1. The van der Waals surface area contributed by atoms with E-state index in [1.807, 2.05) is 36.4 Å². The maximum Gasteiger partial charge on any atom is 0.234 e. The van der Waals surface area contributed by atoms with Gasteiger partial charge in [0.2, 0.25) is 11.1 Å². The normalized spacial score (nSPS) is 10.8. The zero-order valence-electron chi connectivity index (χ0n) is 16.9. The molecule has 29 heavy (non-hydrogen) atoms. The molecule has 0 saturated heterocycles. The highest BCUT2D eigenvalue weighted by molar-refractivity contribution is 7.99. The fourth-order valence-electron chi connectivity index (χ4n) is 2.70. The number of carbonyl (C=O) groups is 1. The van der Waals surface area contributed by atoms with Gasteiger partial charge in [0.05, 0.1) is 25.5 Å². The number of rotatable bonds is 8. The molecule has 0 spiro atoms. The van der Waals surface area contributed by atoms with Crippen molar-refractivity contribution in [2.75, 3.05) is 25.3 Å². The average Bonchev–Trinajstić information content (AvgIpc) is 3.21. The number of aromatic amines is 1. The van der Waals surface area contributed by atoms with Gasteiger partial charge in [0.15, 0.2) is 5.82 Å². The maximum absolute atomic E-state index is 12.2. The number of H-pyrrole nitrogens is 1. The predicted molar refractivity (Wildman–Crippen MR) is 115 cm³/mol. The van der Waals surface area contributed by atoms with Crippen molar-refractivity contribution < 1.29 is 14.3 Å².